The van der Waals surface area contributed by atoms with E-state index in [-0.39, 0.29) is 5.91 Å². The molecule has 0 saturated carbocycles. The first-order valence-electron chi connectivity index (χ1n) is 5.91. The highest BCUT2D eigenvalue weighted by atomic mass is 16.3. The first kappa shape index (κ1) is 11.2. The highest BCUT2D eigenvalue weighted by molar-refractivity contribution is 5.91. The Morgan fingerprint density at radius 3 is 2.88 bits per heavy atom. The Balaban J connectivity index is 2.03. The van der Waals surface area contributed by atoms with Crippen LogP contribution in [0.1, 0.15) is 43.7 Å². The van der Waals surface area contributed by atoms with E-state index in [0.29, 0.717) is 11.2 Å². The van der Waals surface area contributed by atoms with Gasteiger partial charge < -0.3 is 9.32 Å². The average molecular weight is 221 g/mol. The fourth-order valence-electron chi connectivity index (χ4n) is 2.18. The molecule has 88 valence electrons. The van der Waals surface area contributed by atoms with Crippen LogP contribution in [0.2, 0.25) is 0 Å². The van der Waals surface area contributed by atoms with Crippen molar-refractivity contribution >= 4 is 5.91 Å². The summed E-state index contributed by atoms with van der Waals surface area (Å²) in [6.45, 7) is 6.23. The molecule has 2 rings (SSSR count). The number of rotatable bonds is 1. The van der Waals surface area contributed by atoms with E-state index in [1.807, 2.05) is 4.90 Å². The monoisotopic (exact) mass is 221 g/mol. The normalized spacial score (nSPS) is 20.5. The lowest BCUT2D eigenvalue weighted by Crippen LogP contribution is -2.32. The average Bonchev–Trinajstić information content (AvgIpc) is 2.69. The predicted octanol–water partition coefficient (Wildman–Crippen LogP) is 2.93. The molecule has 3 heteroatoms. The minimum absolute atomic E-state index is 0.0303. The molecule has 1 aliphatic rings. The van der Waals surface area contributed by atoms with Gasteiger partial charge in [-0.25, -0.2) is 0 Å². The molecule has 16 heavy (non-hydrogen) atoms. The number of nitrogens with zero attached hydrogens (tertiary/aromatic N) is 1. The van der Waals surface area contributed by atoms with Crippen molar-refractivity contribution in [3.05, 3.63) is 24.2 Å². The molecule has 0 unspecified atom stereocenters. The molecule has 0 N–H and O–H groups in total. The zero-order valence-corrected chi connectivity index (χ0v) is 10.0. The lowest BCUT2D eigenvalue weighted by molar-refractivity contribution is 0.0725. The van der Waals surface area contributed by atoms with Crippen LogP contribution in [0, 0.1) is 5.41 Å². The Morgan fingerprint density at radius 2 is 2.19 bits per heavy atom. The van der Waals surface area contributed by atoms with Crippen molar-refractivity contribution in [3.63, 3.8) is 0 Å². The molecule has 0 atom stereocenters. The summed E-state index contributed by atoms with van der Waals surface area (Å²) < 4.78 is 5.15. The second kappa shape index (κ2) is 4.32. The topological polar surface area (TPSA) is 33.5 Å². The summed E-state index contributed by atoms with van der Waals surface area (Å²) in [6.07, 6.45) is 4.89. The third-order valence-corrected chi connectivity index (χ3v) is 3.36. The van der Waals surface area contributed by atoms with Gasteiger partial charge in [-0.15, -0.1) is 0 Å². The smallest absolute Gasteiger partial charge is 0.289 e. The van der Waals surface area contributed by atoms with E-state index in [4.69, 9.17) is 4.42 Å². The Kier molecular flexibility index (Phi) is 3.03. The van der Waals surface area contributed by atoms with Crippen LogP contribution in [-0.2, 0) is 0 Å². The van der Waals surface area contributed by atoms with Crippen molar-refractivity contribution in [1.29, 1.82) is 0 Å². The first-order valence-corrected chi connectivity index (χ1v) is 5.91. The fraction of sp³-hybridized carbons (Fsp3) is 0.615. The molecule has 2 heterocycles. The van der Waals surface area contributed by atoms with Gasteiger partial charge in [0.2, 0.25) is 0 Å². The Morgan fingerprint density at radius 1 is 1.38 bits per heavy atom. The molecule has 1 fully saturated rings. The predicted molar refractivity (Wildman–Crippen MR) is 62.2 cm³/mol. The lowest BCUT2D eigenvalue weighted by atomic mass is 9.85. The van der Waals surface area contributed by atoms with Crippen LogP contribution in [0.15, 0.2) is 22.8 Å². The van der Waals surface area contributed by atoms with E-state index in [9.17, 15) is 4.79 Å². The van der Waals surface area contributed by atoms with Gasteiger partial charge in [0.05, 0.1) is 6.26 Å². The van der Waals surface area contributed by atoms with Crippen molar-refractivity contribution < 1.29 is 9.21 Å². The maximum Gasteiger partial charge on any atom is 0.289 e. The number of hydrogen-bond acceptors (Lipinski definition) is 2. The lowest BCUT2D eigenvalue weighted by Gasteiger charge is -2.22. The molecule has 1 aromatic heterocycles. The van der Waals surface area contributed by atoms with Gasteiger partial charge in [-0.3, -0.25) is 4.79 Å². The van der Waals surface area contributed by atoms with Crippen molar-refractivity contribution in [2.45, 2.75) is 33.1 Å². The Labute approximate surface area is 96.4 Å². The van der Waals surface area contributed by atoms with E-state index in [0.717, 1.165) is 25.9 Å². The quantitative estimate of drug-likeness (QED) is 0.730. The zero-order valence-electron chi connectivity index (χ0n) is 10.0. The van der Waals surface area contributed by atoms with E-state index in [2.05, 4.69) is 13.8 Å². The maximum absolute atomic E-state index is 12.1. The van der Waals surface area contributed by atoms with Gasteiger partial charge in [0.1, 0.15) is 0 Å². The van der Waals surface area contributed by atoms with Crippen LogP contribution in [0.25, 0.3) is 0 Å². The molecule has 0 aliphatic carbocycles. The molecule has 1 saturated heterocycles. The summed E-state index contributed by atoms with van der Waals surface area (Å²) in [5.41, 5.74) is 0.359. The number of carbonyl (C=O) groups is 1. The number of carbonyl (C=O) groups excluding carboxylic acids is 1. The fourth-order valence-corrected chi connectivity index (χ4v) is 2.18. The third-order valence-electron chi connectivity index (χ3n) is 3.36. The van der Waals surface area contributed by atoms with Gasteiger partial charge in [-0.1, -0.05) is 13.8 Å². The molecule has 1 aromatic rings. The molecule has 1 amide bonds. The Hall–Kier alpha value is -1.25. The molecule has 1 aliphatic heterocycles. The number of hydrogen-bond donors (Lipinski definition) is 0. The molecule has 0 spiro atoms. The van der Waals surface area contributed by atoms with Crippen molar-refractivity contribution in [1.82, 2.24) is 4.90 Å². The highest BCUT2D eigenvalue weighted by Crippen LogP contribution is 2.30. The van der Waals surface area contributed by atoms with Gasteiger partial charge in [0.15, 0.2) is 5.76 Å². The Bertz CT molecular complexity index is 354. The summed E-state index contributed by atoms with van der Waals surface area (Å²) in [6, 6.07) is 3.49. The summed E-state index contributed by atoms with van der Waals surface area (Å²) in [4.78, 5) is 14.0. The largest absolute Gasteiger partial charge is 0.459 e. The highest BCUT2D eigenvalue weighted by Gasteiger charge is 2.26. The minimum atomic E-state index is 0.0303. The standard InChI is InChI=1S/C13H19NO2/c1-13(2)6-4-8-14(9-7-13)12(15)11-5-3-10-16-11/h3,5,10H,4,6-9H2,1-2H3. The molecule has 0 aromatic carbocycles. The molecule has 0 radical (unpaired) electrons. The summed E-state index contributed by atoms with van der Waals surface area (Å²) >= 11 is 0. The van der Waals surface area contributed by atoms with Gasteiger partial charge in [0, 0.05) is 13.1 Å². The number of likely N-dealkylation sites (tertiary alicyclic amines) is 1. The van der Waals surface area contributed by atoms with E-state index >= 15 is 0 Å². The number of furan rings is 1. The summed E-state index contributed by atoms with van der Waals surface area (Å²) in [5.74, 6) is 0.488. The zero-order chi connectivity index (χ0) is 11.6. The molecule has 3 nitrogen and oxygen atoms in total. The van der Waals surface area contributed by atoms with Crippen LogP contribution in [0.3, 0.4) is 0 Å². The van der Waals surface area contributed by atoms with Crippen molar-refractivity contribution in [2.75, 3.05) is 13.1 Å². The van der Waals surface area contributed by atoms with Crippen LogP contribution in [-0.4, -0.2) is 23.9 Å². The summed E-state index contributed by atoms with van der Waals surface area (Å²) in [5, 5.41) is 0. The first-order chi connectivity index (χ1) is 7.58. The van der Waals surface area contributed by atoms with Gasteiger partial charge >= 0.3 is 0 Å². The van der Waals surface area contributed by atoms with Crippen LogP contribution < -0.4 is 0 Å². The SMILES string of the molecule is CC1(C)CCCN(C(=O)c2ccco2)CC1. The number of amides is 1. The van der Waals surface area contributed by atoms with E-state index < -0.39 is 0 Å². The second-order valence-electron chi connectivity index (χ2n) is 5.29. The molecule has 0 bridgehead atoms. The van der Waals surface area contributed by atoms with E-state index in [1.54, 1.807) is 18.4 Å². The van der Waals surface area contributed by atoms with Crippen LogP contribution >= 0.6 is 0 Å². The third kappa shape index (κ3) is 2.46. The molecular formula is C13H19NO2. The van der Waals surface area contributed by atoms with Gasteiger partial charge in [0.25, 0.3) is 5.91 Å². The molecular weight excluding hydrogens is 202 g/mol. The van der Waals surface area contributed by atoms with E-state index in [1.165, 1.54) is 6.42 Å². The van der Waals surface area contributed by atoms with Gasteiger partial charge in [-0.2, -0.15) is 0 Å². The van der Waals surface area contributed by atoms with Crippen molar-refractivity contribution in [2.24, 2.45) is 5.41 Å². The van der Waals surface area contributed by atoms with Crippen molar-refractivity contribution in [3.8, 4) is 0 Å². The van der Waals surface area contributed by atoms with Gasteiger partial charge in [-0.05, 0) is 36.8 Å². The van der Waals surface area contributed by atoms with Crippen LogP contribution in [0.4, 0.5) is 0 Å². The summed E-state index contributed by atoms with van der Waals surface area (Å²) in [7, 11) is 0. The second-order valence-corrected chi connectivity index (χ2v) is 5.29. The van der Waals surface area contributed by atoms with Crippen LogP contribution in [0.5, 0.6) is 0 Å². The minimum Gasteiger partial charge on any atom is -0.459 e. The maximum atomic E-state index is 12.1.